The van der Waals surface area contributed by atoms with Crippen molar-refractivity contribution in [3.05, 3.63) is 0 Å². The predicted octanol–water partition coefficient (Wildman–Crippen LogP) is 1.69. The number of rotatable bonds is 5. The van der Waals surface area contributed by atoms with E-state index in [-0.39, 0.29) is 11.4 Å². The highest BCUT2D eigenvalue weighted by molar-refractivity contribution is 7.86. The molecule has 3 nitrogen and oxygen atoms in total. The zero-order valence-electron chi connectivity index (χ0n) is 7.67. The van der Waals surface area contributed by atoms with Crippen LogP contribution in [0.15, 0.2) is 0 Å². The summed E-state index contributed by atoms with van der Waals surface area (Å²) in [6.07, 6.45) is 3.33. The molecule has 1 rings (SSSR count). The maximum atomic E-state index is 11.2. The molecule has 0 radical (unpaired) electrons. The van der Waals surface area contributed by atoms with E-state index >= 15 is 0 Å². The van der Waals surface area contributed by atoms with Crippen LogP contribution in [0.1, 0.15) is 39.5 Å². The molecule has 0 N–H and O–H groups in total. The SMILES string of the molecule is CCCCS(=O)(=O)OC1(C)CC1. The average molecular weight is 192 g/mol. The van der Waals surface area contributed by atoms with Crippen LogP contribution in [0.25, 0.3) is 0 Å². The summed E-state index contributed by atoms with van der Waals surface area (Å²) in [5, 5.41) is 0. The molecule has 1 saturated carbocycles. The standard InChI is InChI=1S/C8H16O3S/c1-3-4-7-12(9,10)11-8(2)5-6-8/h3-7H2,1-2H3. The van der Waals surface area contributed by atoms with Gasteiger partial charge in [-0.25, -0.2) is 0 Å². The highest BCUT2D eigenvalue weighted by Gasteiger charge is 2.42. The Morgan fingerprint density at radius 3 is 2.42 bits per heavy atom. The first-order chi connectivity index (χ1) is 5.47. The molecule has 0 aromatic carbocycles. The minimum absolute atomic E-state index is 0.166. The van der Waals surface area contributed by atoms with Gasteiger partial charge in [0, 0.05) is 0 Å². The first kappa shape index (κ1) is 9.99. The van der Waals surface area contributed by atoms with Gasteiger partial charge in [0.05, 0.1) is 11.4 Å². The molecule has 1 aliphatic rings. The molecule has 0 aromatic heterocycles. The molecule has 0 atom stereocenters. The second-order valence-electron chi connectivity index (χ2n) is 3.65. The van der Waals surface area contributed by atoms with Crippen molar-refractivity contribution in [1.82, 2.24) is 0 Å². The Morgan fingerprint density at radius 1 is 1.42 bits per heavy atom. The topological polar surface area (TPSA) is 43.4 Å². The predicted molar refractivity (Wildman–Crippen MR) is 47.4 cm³/mol. The van der Waals surface area contributed by atoms with E-state index in [1.807, 2.05) is 13.8 Å². The first-order valence-corrected chi connectivity index (χ1v) is 5.98. The Kier molecular flexibility index (Phi) is 2.78. The third kappa shape index (κ3) is 3.11. The minimum Gasteiger partial charge on any atom is -0.264 e. The first-order valence-electron chi connectivity index (χ1n) is 4.41. The van der Waals surface area contributed by atoms with Crippen LogP contribution in [0.3, 0.4) is 0 Å². The average Bonchev–Trinajstić information content (AvgIpc) is 2.62. The molecule has 0 aliphatic heterocycles. The van der Waals surface area contributed by atoms with Gasteiger partial charge in [0.1, 0.15) is 0 Å². The second-order valence-corrected chi connectivity index (χ2v) is 5.34. The van der Waals surface area contributed by atoms with Crippen LogP contribution in [0, 0.1) is 0 Å². The third-order valence-corrected chi connectivity index (χ3v) is 3.48. The Balaban J connectivity index is 2.38. The molecule has 0 spiro atoms. The summed E-state index contributed by atoms with van der Waals surface area (Å²) in [7, 11) is -3.24. The molecule has 4 heteroatoms. The summed E-state index contributed by atoms with van der Waals surface area (Å²) >= 11 is 0. The van der Waals surface area contributed by atoms with Gasteiger partial charge in [-0.05, 0) is 26.2 Å². The van der Waals surface area contributed by atoms with Crippen LogP contribution in [-0.2, 0) is 14.3 Å². The van der Waals surface area contributed by atoms with Crippen molar-refractivity contribution >= 4 is 10.1 Å². The largest absolute Gasteiger partial charge is 0.267 e. The van der Waals surface area contributed by atoms with Crippen molar-refractivity contribution in [3.8, 4) is 0 Å². The summed E-state index contributed by atoms with van der Waals surface area (Å²) in [4.78, 5) is 0. The van der Waals surface area contributed by atoms with Crippen molar-refractivity contribution in [3.63, 3.8) is 0 Å². The normalized spacial score (nSPS) is 20.8. The fourth-order valence-electron chi connectivity index (χ4n) is 0.929. The lowest BCUT2D eigenvalue weighted by atomic mass is 10.4. The van der Waals surface area contributed by atoms with Crippen molar-refractivity contribution in [1.29, 1.82) is 0 Å². The number of unbranched alkanes of at least 4 members (excludes halogenated alkanes) is 1. The molecule has 12 heavy (non-hydrogen) atoms. The quantitative estimate of drug-likeness (QED) is 0.622. The van der Waals surface area contributed by atoms with Crippen molar-refractivity contribution < 1.29 is 12.6 Å². The third-order valence-electron chi connectivity index (χ3n) is 2.03. The Hall–Kier alpha value is -0.0900. The Labute approximate surface area is 74.2 Å². The lowest BCUT2D eigenvalue weighted by molar-refractivity contribution is 0.208. The van der Waals surface area contributed by atoms with Gasteiger partial charge in [-0.1, -0.05) is 13.3 Å². The van der Waals surface area contributed by atoms with Crippen LogP contribution >= 0.6 is 0 Å². The summed E-state index contributed by atoms with van der Waals surface area (Å²) in [6, 6.07) is 0. The fraction of sp³-hybridized carbons (Fsp3) is 1.00. The molecule has 0 saturated heterocycles. The minimum atomic E-state index is -3.24. The lowest BCUT2D eigenvalue weighted by Crippen LogP contribution is -2.18. The Morgan fingerprint density at radius 2 is 2.00 bits per heavy atom. The van der Waals surface area contributed by atoms with E-state index in [9.17, 15) is 8.42 Å². The highest BCUT2D eigenvalue weighted by atomic mass is 32.2. The molecule has 0 amide bonds. The Bertz CT molecular complexity index is 239. The van der Waals surface area contributed by atoms with Crippen molar-refractivity contribution in [2.24, 2.45) is 0 Å². The number of hydrogen-bond donors (Lipinski definition) is 0. The molecule has 1 fully saturated rings. The fourth-order valence-corrected chi connectivity index (χ4v) is 2.43. The van der Waals surface area contributed by atoms with E-state index in [1.165, 1.54) is 0 Å². The van der Waals surface area contributed by atoms with Gasteiger partial charge in [0.2, 0.25) is 0 Å². The van der Waals surface area contributed by atoms with E-state index < -0.39 is 10.1 Å². The van der Waals surface area contributed by atoms with Gasteiger partial charge in [-0.15, -0.1) is 0 Å². The van der Waals surface area contributed by atoms with Gasteiger partial charge in [0.15, 0.2) is 0 Å². The maximum absolute atomic E-state index is 11.2. The zero-order chi connectivity index (χ0) is 9.24. The molecule has 0 heterocycles. The van der Waals surface area contributed by atoms with E-state index in [0.717, 1.165) is 19.3 Å². The van der Waals surface area contributed by atoms with Crippen molar-refractivity contribution in [2.75, 3.05) is 5.75 Å². The monoisotopic (exact) mass is 192 g/mol. The number of hydrogen-bond acceptors (Lipinski definition) is 3. The summed E-state index contributed by atoms with van der Waals surface area (Å²) < 4.78 is 27.5. The molecule has 0 unspecified atom stereocenters. The van der Waals surface area contributed by atoms with Crippen molar-refractivity contribution in [2.45, 2.75) is 45.1 Å². The summed E-state index contributed by atoms with van der Waals surface area (Å²) in [6.45, 7) is 3.81. The van der Waals surface area contributed by atoms with Gasteiger partial charge >= 0.3 is 0 Å². The smallest absolute Gasteiger partial charge is 0.264 e. The summed E-state index contributed by atoms with van der Waals surface area (Å²) in [5.74, 6) is 0.166. The van der Waals surface area contributed by atoms with E-state index in [2.05, 4.69) is 0 Å². The lowest BCUT2D eigenvalue weighted by Gasteiger charge is -2.09. The molecule has 1 aliphatic carbocycles. The molecule has 72 valence electrons. The maximum Gasteiger partial charge on any atom is 0.267 e. The molecular weight excluding hydrogens is 176 g/mol. The van der Waals surface area contributed by atoms with E-state index in [4.69, 9.17) is 4.18 Å². The second kappa shape index (κ2) is 3.34. The molecule has 0 aromatic rings. The van der Waals surface area contributed by atoms with Gasteiger partial charge in [-0.2, -0.15) is 8.42 Å². The van der Waals surface area contributed by atoms with E-state index in [0.29, 0.717) is 6.42 Å². The van der Waals surface area contributed by atoms with Crippen LogP contribution in [0.2, 0.25) is 0 Å². The van der Waals surface area contributed by atoms with Gasteiger partial charge < -0.3 is 0 Å². The van der Waals surface area contributed by atoms with E-state index in [1.54, 1.807) is 0 Å². The van der Waals surface area contributed by atoms with Crippen LogP contribution in [0.4, 0.5) is 0 Å². The van der Waals surface area contributed by atoms with Crippen LogP contribution in [0.5, 0.6) is 0 Å². The molecule has 0 bridgehead atoms. The zero-order valence-corrected chi connectivity index (χ0v) is 8.49. The van der Waals surface area contributed by atoms with Crippen LogP contribution < -0.4 is 0 Å². The highest BCUT2D eigenvalue weighted by Crippen LogP contribution is 2.40. The van der Waals surface area contributed by atoms with Crippen LogP contribution in [-0.4, -0.2) is 19.8 Å². The molecular formula is C8H16O3S. The van der Waals surface area contributed by atoms with Gasteiger partial charge in [0.25, 0.3) is 10.1 Å². The van der Waals surface area contributed by atoms with Gasteiger partial charge in [-0.3, -0.25) is 4.18 Å². The summed E-state index contributed by atoms with van der Waals surface area (Å²) in [5.41, 5.74) is -0.355.